The standard InChI is InChI=1S/C15H24N2S/c1-13(18-2)11-17-10-6-9-16-15(12-17)14-7-4-3-5-8-14/h3-5,7-8,13,15-16H,6,9-12H2,1-2H3. The van der Waals surface area contributed by atoms with Crippen LogP contribution in [0.2, 0.25) is 0 Å². The fourth-order valence-electron chi connectivity index (χ4n) is 2.51. The van der Waals surface area contributed by atoms with Gasteiger partial charge in [-0.15, -0.1) is 0 Å². The quantitative estimate of drug-likeness (QED) is 0.900. The molecule has 0 aromatic heterocycles. The lowest BCUT2D eigenvalue weighted by Gasteiger charge is -2.26. The number of benzene rings is 1. The van der Waals surface area contributed by atoms with Crippen LogP contribution >= 0.6 is 11.8 Å². The second-order valence-corrected chi connectivity index (χ2v) is 6.35. The lowest BCUT2D eigenvalue weighted by molar-refractivity contribution is 0.272. The molecule has 2 rings (SSSR count). The van der Waals surface area contributed by atoms with E-state index in [0.29, 0.717) is 6.04 Å². The van der Waals surface area contributed by atoms with Gasteiger partial charge in [0.1, 0.15) is 0 Å². The summed E-state index contributed by atoms with van der Waals surface area (Å²) in [6, 6.07) is 11.3. The van der Waals surface area contributed by atoms with Crippen molar-refractivity contribution in [2.75, 3.05) is 32.4 Å². The Kier molecular flexibility index (Phi) is 5.54. The highest BCUT2D eigenvalue weighted by Gasteiger charge is 2.19. The normalized spacial score (nSPS) is 23.6. The van der Waals surface area contributed by atoms with Crippen LogP contribution in [0.25, 0.3) is 0 Å². The molecule has 2 nitrogen and oxygen atoms in total. The summed E-state index contributed by atoms with van der Waals surface area (Å²) in [6.45, 7) is 7.01. The number of hydrogen-bond acceptors (Lipinski definition) is 3. The van der Waals surface area contributed by atoms with Gasteiger partial charge in [0.05, 0.1) is 0 Å². The third kappa shape index (κ3) is 4.01. The van der Waals surface area contributed by atoms with E-state index >= 15 is 0 Å². The van der Waals surface area contributed by atoms with E-state index in [1.807, 2.05) is 11.8 Å². The van der Waals surface area contributed by atoms with Crippen LogP contribution in [0.5, 0.6) is 0 Å². The molecule has 3 heteroatoms. The first-order valence-corrected chi connectivity index (χ1v) is 8.12. The van der Waals surface area contributed by atoms with Gasteiger partial charge in [-0.05, 0) is 31.3 Å². The monoisotopic (exact) mass is 264 g/mol. The molecule has 1 heterocycles. The van der Waals surface area contributed by atoms with Crippen molar-refractivity contribution in [3.63, 3.8) is 0 Å². The first-order valence-electron chi connectivity index (χ1n) is 6.83. The summed E-state index contributed by atoms with van der Waals surface area (Å²) in [4.78, 5) is 2.61. The highest BCUT2D eigenvalue weighted by atomic mass is 32.2. The molecule has 1 N–H and O–H groups in total. The molecule has 1 saturated heterocycles. The molecular formula is C15H24N2S. The maximum absolute atomic E-state index is 3.67. The molecule has 1 aliphatic heterocycles. The summed E-state index contributed by atoms with van der Waals surface area (Å²) in [6.07, 6.45) is 3.46. The van der Waals surface area contributed by atoms with Crippen molar-refractivity contribution in [3.8, 4) is 0 Å². The van der Waals surface area contributed by atoms with Crippen molar-refractivity contribution in [3.05, 3.63) is 35.9 Å². The Bertz CT molecular complexity index is 342. The predicted molar refractivity (Wildman–Crippen MR) is 81.2 cm³/mol. The van der Waals surface area contributed by atoms with Crippen molar-refractivity contribution in [1.29, 1.82) is 0 Å². The zero-order valence-corrected chi connectivity index (χ0v) is 12.2. The second-order valence-electron chi connectivity index (χ2n) is 5.08. The predicted octanol–water partition coefficient (Wildman–Crippen LogP) is 2.77. The second kappa shape index (κ2) is 7.17. The summed E-state index contributed by atoms with van der Waals surface area (Å²) in [5.74, 6) is 0. The van der Waals surface area contributed by atoms with E-state index in [4.69, 9.17) is 0 Å². The van der Waals surface area contributed by atoms with Crippen molar-refractivity contribution >= 4 is 11.8 Å². The van der Waals surface area contributed by atoms with E-state index in [-0.39, 0.29) is 0 Å². The Morgan fingerprint density at radius 2 is 2.17 bits per heavy atom. The van der Waals surface area contributed by atoms with Crippen LogP contribution < -0.4 is 5.32 Å². The van der Waals surface area contributed by atoms with Crippen molar-refractivity contribution < 1.29 is 0 Å². The van der Waals surface area contributed by atoms with Crippen molar-refractivity contribution in [1.82, 2.24) is 10.2 Å². The van der Waals surface area contributed by atoms with Gasteiger partial charge in [0.15, 0.2) is 0 Å². The van der Waals surface area contributed by atoms with Crippen molar-refractivity contribution in [2.45, 2.75) is 24.6 Å². The van der Waals surface area contributed by atoms with E-state index in [1.54, 1.807) is 0 Å². The average molecular weight is 264 g/mol. The molecule has 0 radical (unpaired) electrons. The number of nitrogens with zero attached hydrogens (tertiary/aromatic N) is 1. The highest BCUT2D eigenvalue weighted by Crippen LogP contribution is 2.18. The lowest BCUT2D eigenvalue weighted by Crippen LogP contribution is -2.35. The number of hydrogen-bond donors (Lipinski definition) is 1. The minimum Gasteiger partial charge on any atom is -0.309 e. The third-order valence-corrected chi connectivity index (χ3v) is 4.56. The molecule has 0 aliphatic carbocycles. The Morgan fingerprint density at radius 3 is 2.89 bits per heavy atom. The maximum atomic E-state index is 3.67. The van der Waals surface area contributed by atoms with Gasteiger partial charge in [-0.2, -0.15) is 11.8 Å². The van der Waals surface area contributed by atoms with Gasteiger partial charge in [-0.1, -0.05) is 37.3 Å². The van der Waals surface area contributed by atoms with E-state index in [0.717, 1.165) is 18.3 Å². The molecule has 0 amide bonds. The molecule has 0 spiro atoms. The van der Waals surface area contributed by atoms with Crippen LogP contribution in [0.15, 0.2) is 30.3 Å². The number of thioether (sulfide) groups is 1. The largest absolute Gasteiger partial charge is 0.309 e. The van der Waals surface area contributed by atoms with E-state index < -0.39 is 0 Å². The molecule has 2 unspecified atom stereocenters. The Labute approximate surface area is 115 Å². The Morgan fingerprint density at radius 1 is 1.39 bits per heavy atom. The lowest BCUT2D eigenvalue weighted by atomic mass is 10.1. The molecule has 2 atom stereocenters. The van der Waals surface area contributed by atoms with Gasteiger partial charge in [-0.25, -0.2) is 0 Å². The molecule has 18 heavy (non-hydrogen) atoms. The van der Waals surface area contributed by atoms with Crippen LogP contribution in [-0.4, -0.2) is 42.6 Å². The summed E-state index contributed by atoms with van der Waals surface area (Å²) in [5, 5.41) is 4.39. The summed E-state index contributed by atoms with van der Waals surface area (Å²) >= 11 is 1.96. The molecule has 0 bridgehead atoms. The maximum Gasteiger partial charge on any atom is 0.0449 e. The molecule has 1 aliphatic rings. The number of rotatable bonds is 4. The molecule has 1 aromatic rings. The Hall–Kier alpha value is -0.510. The van der Waals surface area contributed by atoms with Gasteiger partial charge in [0, 0.05) is 24.4 Å². The van der Waals surface area contributed by atoms with Gasteiger partial charge in [0.25, 0.3) is 0 Å². The number of nitrogens with one attached hydrogen (secondary N) is 1. The van der Waals surface area contributed by atoms with Crippen molar-refractivity contribution in [2.24, 2.45) is 0 Å². The van der Waals surface area contributed by atoms with E-state index in [2.05, 4.69) is 53.7 Å². The summed E-state index contributed by atoms with van der Waals surface area (Å²) < 4.78 is 0. The average Bonchev–Trinajstić information content (AvgIpc) is 2.65. The minimum atomic E-state index is 0.489. The van der Waals surface area contributed by atoms with E-state index in [1.165, 1.54) is 25.1 Å². The van der Waals surface area contributed by atoms with Crippen LogP contribution in [0.3, 0.4) is 0 Å². The van der Waals surface area contributed by atoms with Crippen LogP contribution in [0.4, 0.5) is 0 Å². The van der Waals surface area contributed by atoms with Crippen LogP contribution in [-0.2, 0) is 0 Å². The topological polar surface area (TPSA) is 15.3 Å². The first-order chi connectivity index (χ1) is 8.79. The van der Waals surface area contributed by atoms with Gasteiger partial charge >= 0.3 is 0 Å². The minimum absolute atomic E-state index is 0.489. The van der Waals surface area contributed by atoms with Crippen LogP contribution in [0.1, 0.15) is 24.9 Å². The van der Waals surface area contributed by atoms with Gasteiger partial charge in [0.2, 0.25) is 0 Å². The summed E-state index contributed by atoms with van der Waals surface area (Å²) in [5.41, 5.74) is 1.42. The van der Waals surface area contributed by atoms with E-state index in [9.17, 15) is 0 Å². The van der Waals surface area contributed by atoms with Gasteiger partial charge < -0.3 is 10.2 Å². The molecule has 0 saturated carbocycles. The first kappa shape index (κ1) is 13.9. The fraction of sp³-hybridized carbons (Fsp3) is 0.600. The molecular weight excluding hydrogens is 240 g/mol. The smallest absolute Gasteiger partial charge is 0.0449 e. The zero-order chi connectivity index (χ0) is 12.8. The SMILES string of the molecule is CSC(C)CN1CCCNC(c2ccccc2)C1. The molecule has 1 fully saturated rings. The van der Waals surface area contributed by atoms with Crippen LogP contribution in [0, 0.1) is 0 Å². The van der Waals surface area contributed by atoms with Gasteiger partial charge in [-0.3, -0.25) is 0 Å². The molecule has 1 aromatic carbocycles. The molecule has 100 valence electrons. The summed E-state index contributed by atoms with van der Waals surface area (Å²) in [7, 11) is 0. The highest BCUT2D eigenvalue weighted by molar-refractivity contribution is 7.99. The third-order valence-electron chi connectivity index (χ3n) is 3.60. The zero-order valence-electron chi connectivity index (χ0n) is 11.4. The fourth-order valence-corrected chi connectivity index (χ4v) is 2.87. The Balaban J connectivity index is 1.99.